The van der Waals surface area contributed by atoms with Crippen LogP contribution in [0, 0.1) is 40.8 Å². The molecule has 0 fully saturated rings. The van der Waals surface area contributed by atoms with Crippen molar-refractivity contribution in [1.29, 1.82) is 0 Å². The average molecular weight is 833 g/mol. The van der Waals surface area contributed by atoms with Crippen LogP contribution < -0.4 is 0 Å². The van der Waals surface area contributed by atoms with Crippen LogP contribution in [0.5, 0.6) is 0 Å². The fourth-order valence-electron chi connectivity index (χ4n) is 4.35. The van der Waals surface area contributed by atoms with Crippen molar-refractivity contribution in [2.75, 3.05) is 40.5 Å². The summed E-state index contributed by atoms with van der Waals surface area (Å²) >= 11 is 0. The number of aliphatic imine (C=N–C) groups is 1. The van der Waals surface area contributed by atoms with Gasteiger partial charge in [0.1, 0.15) is 0 Å². The number of benzene rings is 3. The Labute approximate surface area is 334 Å². The van der Waals surface area contributed by atoms with Crippen molar-refractivity contribution >= 4 is 33.8 Å². The third-order valence-electron chi connectivity index (χ3n) is 6.65. The van der Waals surface area contributed by atoms with Crippen molar-refractivity contribution < 1.29 is 50.3 Å². The summed E-state index contributed by atoms with van der Waals surface area (Å²) in [4.78, 5) is 9.77. The molecule has 10 heteroatoms. The number of hydrogen-bond acceptors (Lipinski definition) is 4. The molecule has 0 amide bonds. The first-order valence-electron chi connectivity index (χ1n) is 17.1. The monoisotopic (exact) mass is 830 g/mol. The van der Waals surface area contributed by atoms with E-state index in [1.807, 2.05) is 36.4 Å². The maximum Gasteiger partial charge on any atom is 3.00 e. The minimum Gasteiger partial charge on any atom is -0.698 e. The predicted octanol–water partition coefficient (Wildman–Crippen LogP) is 11.6. The van der Waals surface area contributed by atoms with E-state index < -0.39 is 16.5 Å². The molecule has 49 heavy (non-hydrogen) atoms. The molecular formula is C39H62N5NdO2Si2. The van der Waals surface area contributed by atoms with Crippen molar-refractivity contribution in [3.8, 4) is 0 Å². The molecule has 1 N–H and O–H groups in total. The maximum atomic E-state index is 8.01. The molecule has 0 spiro atoms. The molecule has 0 heterocycles. The van der Waals surface area contributed by atoms with E-state index in [1.54, 1.807) is 14.2 Å². The van der Waals surface area contributed by atoms with Gasteiger partial charge in [-0.3, -0.25) is 0 Å². The first-order chi connectivity index (χ1) is 22.6. The number of nitrogens with one attached hydrogen (secondary N) is 1. The van der Waals surface area contributed by atoms with E-state index in [1.165, 1.54) is 0 Å². The zero-order chi connectivity index (χ0) is 36.2. The molecule has 0 saturated carbocycles. The summed E-state index contributed by atoms with van der Waals surface area (Å²) in [6.07, 6.45) is 0.884. The molecule has 0 aliphatic carbocycles. The smallest absolute Gasteiger partial charge is 0.698 e. The zero-order valence-electron chi connectivity index (χ0n) is 32.3. The summed E-state index contributed by atoms with van der Waals surface area (Å²) in [6.45, 7) is 24.8. The topological polar surface area (TPSA) is 95.2 Å². The van der Waals surface area contributed by atoms with Crippen molar-refractivity contribution in [3.05, 3.63) is 117 Å². The van der Waals surface area contributed by atoms with Crippen LogP contribution in [0.4, 0.5) is 5.69 Å². The third kappa shape index (κ3) is 21.2. The van der Waals surface area contributed by atoms with Crippen LogP contribution in [-0.2, 0) is 9.47 Å². The number of nitrogens with zero attached hydrogens (tertiary/aromatic N) is 4. The van der Waals surface area contributed by atoms with Crippen LogP contribution in [0.2, 0.25) is 39.3 Å². The van der Waals surface area contributed by atoms with Crippen molar-refractivity contribution in [3.63, 3.8) is 0 Å². The van der Waals surface area contributed by atoms with Gasteiger partial charge in [0.05, 0.1) is 13.2 Å². The van der Waals surface area contributed by atoms with E-state index in [4.69, 9.17) is 25.7 Å². The van der Waals surface area contributed by atoms with Gasteiger partial charge < -0.3 is 35.2 Å². The first-order valence-corrected chi connectivity index (χ1v) is 24.0. The van der Waals surface area contributed by atoms with Crippen LogP contribution in [-0.4, -0.2) is 68.7 Å². The van der Waals surface area contributed by atoms with Gasteiger partial charge in [0.25, 0.3) is 0 Å². The fourth-order valence-corrected chi connectivity index (χ4v) is 6.02. The van der Waals surface area contributed by atoms with Gasteiger partial charge in [-0.15, -0.1) is 5.69 Å². The molecule has 3 aromatic rings. The van der Waals surface area contributed by atoms with Gasteiger partial charge in [-0.1, -0.05) is 188 Å². The molecule has 0 unspecified atom stereocenters. The molecule has 3 aromatic carbocycles. The van der Waals surface area contributed by atoms with E-state index in [0.717, 1.165) is 59.1 Å². The van der Waals surface area contributed by atoms with Gasteiger partial charge in [0.2, 0.25) is 0 Å². The molecule has 3 rings (SSSR count). The summed E-state index contributed by atoms with van der Waals surface area (Å²) in [5, 5.41) is 4.82. The zero-order valence-corrected chi connectivity index (χ0v) is 37.5. The van der Waals surface area contributed by atoms with Crippen molar-refractivity contribution in [2.45, 2.75) is 85.2 Å². The van der Waals surface area contributed by atoms with Gasteiger partial charge in [-0.05, 0) is 23.0 Å². The Morgan fingerprint density at radius 3 is 1.53 bits per heavy atom. The molecule has 0 bridgehead atoms. The van der Waals surface area contributed by atoms with E-state index in [0.29, 0.717) is 25.0 Å². The van der Waals surface area contributed by atoms with E-state index in [9.17, 15) is 0 Å². The SMILES string of the molecule is CC(C)c1cccc(C(C)C)c1[NH-].COCCOC.C[Si](C)(C)/N=C(/[N-]CCCN=C([N-][Si](C)(C)C)c1ccccc1)c1ccccc1.[Nd+3]. The molecule has 0 aromatic heterocycles. The summed E-state index contributed by atoms with van der Waals surface area (Å²) in [5.74, 6) is 2.66. The number of ether oxygens (including phenoxy) is 2. The Morgan fingerprint density at radius 1 is 0.694 bits per heavy atom. The van der Waals surface area contributed by atoms with Gasteiger partial charge in [0.15, 0.2) is 0 Å². The quantitative estimate of drug-likeness (QED) is 0.0742. The molecular weight excluding hydrogens is 771 g/mol. The second-order valence-electron chi connectivity index (χ2n) is 14.2. The van der Waals surface area contributed by atoms with E-state index in [-0.39, 0.29) is 40.8 Å². The molecule has 267 valence electrons. The summed E-state index contributed by atoms with van der Waals surface area (Å²) in [5.41, 5.74) is 13.2. The van der Waals surface area contributed by atoms with Crippen LogP contribution >= 0.6 is 0 Å². The molecule has 0 saturated heterocycles. The second-order valence-corrected chi connectivity index (χ2v) is 23.3. The molecule has 7 nitrogen and oxygen atoms in total. The van der Waals surface area contributed by atoms with Gasteiger partial charge in [-0.25, -0.2) is 0 Å². The van der Waals surface area contributed by atoms with Gasteiger partial charge in [0, 0.05) is 30.7 Å². The Hall–Kier alpha value is -1.90. The van der Waals surface area contributed by atoms with Crippen LogP contribution in [0.3, 0.4) is 0 Å². The average Bonchev–Trinajstić information content (AvgIpc) is 3.02. The van der Waals surface area contributed by atoms with Crippen molar-refractivity contribution in [1.82, 2.24) is 0 Å². The number of amidine groups is 2. The second kappa shape index (κ2) is 25.1. The number of methoxy groups -OCH3 is 2. The van der Waals surface area contributed by atoms with Crippen LogP contribution in [0.1, 0.15) is 68.2 Å². The van der Waals surface area contributed by atoms with Crippen LogP contribution in [0.25, 0.3) is 16.0 Å². The predicted molar refractivity (Wildman–Crippen MR) is 216 cm³/mol. The maximum absolute atomic E-state index is 8.01. The standard InChI is InChI=1S/C23H34N4Si2.C12H18N.C4H10O2.Nd/c1-28(2,3)26-22(20-14-9-7-10-15-20)24-18-13-19-25-23(27-29(4,5)6)21-16-11-8-12-17-21;1-8(2)10-6-5-7-11(9(3)4)12(10)13;1-5-3-4-6-2;/h7-12,14-17H,13,18-19H2,1-6H3;5-9,13H,1-4H3;3-4H2,1-2H3;/q-2;-1;;+3. The van der Waals surface area contributed by atoms with Gasteiger partial charge in [-0.2, -0.15) is 0 Å². The largest absolute Gasteiger partial charge is 3.00 e. The minimum absolute atomic E-state index is 0. The normalized spacial score (nSPS) is 12.0. The molecule has 0 atom stereocenters. The summed E-state index contributed by atoms with van der Waals surface area (Å²) in [7, 11) is 0.0954. The fraction of sp³-hybridized carbons (Fsp3) is 0.487. The number of rotatable bonds is 13. The Balaban J connectivity index is 0.000000949. The molecule has 0 aliphatic rings. The van der Waals surface area contributed by atoms with Gasteiger partial charge >= 0.3 is 40.8 Å². The molecule has 0 aliphatic heterocycles. The first kappa shape index (κ1) is 47.1. The Bertz CT molecular complexity index is 1330. The molecule has 1 radical (unpaired) electrons. The Kier molecular flexibility index (Phi) is 24.1. The van der Waals surface area contributed by atoms with E-state index in [2.05, 4.69) is 119 Å². The van der Waals surface area contributed by atoms with E-state index >= 15 is 0 Å². The third-order valence-corrected chi connectivity index (χ3v) is 8.42. The van der Waals surface area contributed by atoms with Crippen LogP contribution in [0.15, 0.2) is 88.5 Å². The minimum atomic E-state index is -1.60. The summed E-state index contributed by atoms with van der Waals surface area (Å²) in [6, 6.07) is 26.7. The number of hydrogen-bond donors (Lipinski definition) is 0. The Morgan fingerprint density at radius 2 is 1.14 bits per heavy atom. The summed E-state index contributed by atoms with van der Waals surface area (Å²) < 4.78 is 14.3. The van der Waals surface area contributed by atoms with Crippen molar-refractivity contribution in [2.24, 2.45) is 9.65 Å².